The first kappa shape index (κ1) is 18.7. The maximum Gasteiger partial charge on any atom is 0.272 e. The molecule has 0 aliphatic carbocycles. The molecule has 1 aromatic heterocycles. The van der Waals surface area contributed by atoms with E-state index in [9.17, 15) is 14.9 Å². The molecule has 0 bridgehead atoms. The molecule has 1 amide bonds. The molecule has 0 N–H and O–H groups in total. The number of rotatable bonds is 4. The molecule has 2 aromatic carbocycles. The van der Waals surface area contributed by atoms with Gasteiger partial charge in [-0.25, -0.2) is 0 Å². The van der Waals surface area contributed by atoms with Crippen molar-refractivity contribution in [2.75, 3.05) is 0 Å². The molecular formula is C20H19N3O3S. The second-order valence-electron chi connectivity index (χ2n) is 6.17. The van der Waals surface area contributed by atoms with Crippen molar-refractivity contribution in [2.24, 2.45) is 4.99 Å². The molecule has 138 valence electrons. The van der Waals surface area contributed by atoms with Crippen LogP contribution in [0.2, 0.25) is 0 Å². The summed E-state index contributed by atoms with van der Waals surface area (Å²) in [5.74, 6) is -0.365. The van der Waals surface area contributed by atoms with E-state index in [1.807, 2.05) is 11.5 Å². The number of aromatic nitrogens is 1. The molecule has 0 aliphatic rings. The molecule has 0 saturated heterocycles. The van der Waals surface area contributed by atoms with Crippen LogP contribution in [0.5, 0.6) is 0 Å². The highest BCUT2D eigenvalue weighted by molar-refractivity contribution is 7.16. The van der Waals surface area contributed by atoms with Crippen molar-refractivity contribution in [2.45, 2.75) is 27.3 Å². The van der Waals surface area contributed by atoms with Crippen LogP contribution in [0, 0.1) is 24.0 Å². The fraction of sp³-hybridized carbons (Fsp3) is 0.200. The minimum atomic E-state index is -0.456. The zero-order valence-electron chi connectivity index (χ0n) is 15.3. The van der Waals surface area contributed by atoms with Crippen molar-refractivity contribution < 1.29 is 9.72 Å². The van der Waals surface area contributed by atoms with Crippen LogP contribution < -0.4 is 4.80 Å². The predicted molar refractivity (Wildman–Crippen MR) is 108 cm³/mol. The lowest BCUT2D eigenvalue weighted by Gasteiger charge is -2.03. The summed E-state index contributed by atoms with van der Waals surface area (Å²) < 4.78 is 3.13. The summed E-state index contributed by atoms with van der Waals surface area (Å²) in [5.41, 5.74) is 4.22. The number of hydrogen-bond acceptors (Lipinski definition) is 4. The third-order valence-electron chi connectivity index (χ3n) is 4.34. The van der Waals surface area contributed by atoms with E-state index in [0.29, 0.717) is 10.4 Å². The lowest BCUT2D eigenvalue weighted by Crippen LogP contribution is -2.15. The molecule has 0 saturated carbocycles. The van der Waals surface area contributed by atoms with Crippen molar-refractivity contribution in [3.8, 4) is 0 Å². The summed E-state index contributed by atoms with van der Waals surface area (Å²) in [6.45, 7) is 6.89. The van der Waals surface area contributed by atoms with Crippen molar-refractivity contribution in [3.63, 3.8) is 0 Å². The average Bonchev–Trinajstić information content (AvgIpc) is 2.96. The van der Waals surface area contributed by atoms with E-state index < -0.39 is 4.92 Å². The number of benzene rings is 2. The molecule has 1 heterocycles. The van der Waals surface area contributed by atoms with Crippen LogP contribution in [0.4, 0.5) is 5.69 Å². The summed E-state index contributed by atoms with van der Waals surface area (Å²) in [7, 11) is 0. The van der Waals surface area contributed by atoms with E-state index in [1.54, 1.807) is 18.2 Å². The summed E-state index contributed by atoms with van der Waals surface area (Å²) >= 11 is 1.49. The minimum absolute atomic E-state index is 0.0167. The third-order valence-corrected chi connectivity index (χ3v) is 5.38. The molecule has 0 aliphatic heterocycles. The number of fused-ring (bicyclic) bond motifs is 1. The maximum absolute atomic E-state index is 12.3. The first-order chi connectivity index (χ1) is 12.9. The van der Waals surface area contributed by atoms with Gasteiger partial charge in [-0.2, -0.15) is 4.99 Å². The quantitative estimate of drug-likeness (QED) is 0.382. The molecule has 0 fully saturated rings. The Morgan fingerprint density at radius 1 is 1.22 bits per heavy atom. The van der Waals surface area contributed by atoms with Crippen LogP contribution in [0.1, 0.15) is 23.6 Å². The Bertz CT molecular complexity index is 1120. The molecule has 3 rings (SSSR count). The zero-order chi connectivity index (χ0) is 19.6. The lowest BCUT2D eigenvalue weighted by molar-refractivity contribution is -0.384. The standard InChI is InChI=1S/C20H19N3O3S/c1-4-22-17-11-13(2)14(3)12-18(17)27-20(22)21-19(24)10-7-15-5-8-16(9-6-15)23(25)26/h5-12H,4H2,1-3H3/b10-7-,21-20?. The van der Waals surface area contributed by atoms with Gasteiger partial charge in [-0.1, -0.05) is 11.3 Å². The topological polar surface area (TPSA) is 77.5 Å². The van der Waals surface area contributed by atoms with Crippen LogP contribution in [-0.4, -0.2) is 15.4 Å². The van der Waals surface area contributed by atoms with Crippen molar-refractivity contribution in [3.05, 3.63) is 74.1 Å². The maximum atomic E-state index is 12.3. The van der Waals surface area contributed by atoms with Gasteiger partial charge in [-0.3, -0.25) is 14.9 Å². The predicted octanol–water partition coefficient (Wildman–Crippen LogP) is 4.39. The molecule has 0 atom stereocenters. The van der Waals surface area contributed by atoms with E-state index in [-0.39, 0.29) is 11.6 Å². The van der Waals surface area contributed by atoms with E-state index in [0.717, 1.165) is 16.8 Å². The Balaban J connectivity index is 1.91. The molecule has 0 unspecified atom stereocenters. The molecule has 27 heavy (non-hydrogen) atoms. The van der Waals surface area contributed by atoms with Crippen molar-refractivity contribution in [1.29, 1.82) is 0 Å². The number of nitro groups is 1. The summed E-state index contributed by atoms with van der Waals surface area (Å²) in [6.07, 6.45) is 2.98. The fourth-order valence-electron chi connectivity index (χ4n) is 2.72. The van der Waals surface area contributed by atoms with Crippen molar-refractivity contribution in [1.82, 2.24) is 4.57 Å². The monoisotopic (exact) mass is 381 g/mol. The molecular weight excluding hydrogens is 362 g/mol. The van der Waals surface area contributed by atoms with Crippen molar-refractivity contribution >= 4 is 39.2 Å². The number of hydrogen-bond donors (Lipinski definition) is 0. The molecule has 7 heteroatoms. The summed E-state index contributed by atoms with van der Waals surface area (Å²) in [5, 5.41) is 10.7. The van der Waals surface area contributed by atoms with E-state index >= 15 is 0 Å². The van der Waals surface area contributed by atoms with Crippen LogP contribution in [0.25, 0.3) is 16.3 Å². The lowest BCUT2D eigenvalue weighted by atomic mass is 10.1. The van der Waals surface area contributed by atoms with Gasteiger partial charge in [-0.15, -0.1) is 0 Å². The second kappa shape index (κ2) is 7.67. The normalized spacial score (nSPS) is 12.2. The molecule has 0 radical (unpaired) electrons. The van der Waals surface area contributed by atoms with Crippen LogP contribution in [-0.2, 0) is 11.3 Å². The Labute approximate surface area is 160 Å². The van der Waals surface area contributed by atoms with E-state index in [2.05, 4.69) is 31.0 Å². The number of amides is 1. The van der Waals surface area contributed by atoms with E-state index in [4.69, 9.17) is 0 Å². The summed E-state index contributed by atoms with van der Waals surface area (Å²) in [6, 6.07) is 10.3. The number of carbonyl (C=O) groups is 1. The number of nitro benzene ring substituents is 1. The Morgan fingerprint density at radius 2 is 1.89 bits per heavy atom. The largest absolute Gasteiger partial charge is 0.317 e. The second-order valence-corrected chi connectivity index (χ2v) is 7.17. The smallest absolute Gasteiger partial charge is 0.272 e. The van der Waals surface area contributed by atoms with Gasteiger partial charge in [0.25, 0.3) is 11.6 Å². The van der Waals surface area contributed by atoms with E-state index in [1.165, 1.54) is 40.7 Å². The minimum Gasteiger partial charge on any atom is -0.317 e. The van der Waals surface area contributed by atoms with Gasteiger partial charge in [0.15, 0.2) is 4.80 Å². The zero-order valence-corrected chi connectivity index (χ0v) is 16.1. The number of thiazole rings is 1. The molecule has 3 aromatic rings. The molecule has 0 spiro atoms. The van der Waals surface area contributed by atoms with Gasteiger partial charge in [-0.05, 0) is 67.8 Å². The van der Waals surface area contributed by atoms with Gasteiger partial charge in [0.05, 0.1) is 15.1 Å². The number of nitrogens with zero attached hydrogens (tertiary/aromatic N) is 3. The highest BCUT2D eigenvalue weighted by Crippen LogP contribution is 2.22. The van der Waals surface area contributed by atoms with Crippen LogP contribution in [0.3, 0.4) is 0 Å². The van der Waals surface area contributed by atoms with Gasteiger partial charge < -0.3 is 4.57 Å². The number of non-ortho nitro benzene ring substituents is 1. The summed E-state index contributed by atoms with van der Waals surface area (Å²) in [4.78, 5) is 27.4. The first-order valence-corrected chi connectivity index (χ1v) is 9.32. The Kier molecular flexibility index (Phi) is 5.32. The first-order valence-electron chi connectivity index (χ1n) is 8.51. The third kappa shape index (κ3) is 4.03. The van der Waals surface area contributed by atoms with Crippen LogP contribution >= 0.6 is 11.3 Å². The Morgan fingerprint density at radius 3 is 2.52 bits per heavy atom. The number of carbonyl (C=O) groups excluding carboxylic acids is 1. The van der Waals surface area contributed by atoms with Gasteiger partial charge in [0, 0.05) is 24.8 Å². The Hall–Kier alpha value is -3.06. The highest BCUT2D eigenvalue weighted by atomic mass is 32.1. The SMILES string of the molecule is CCn1c(=NC(=O)/C=C\c2ccc([N+](=O)[O-])cc2)sc2cc(C)c(C)cc21. The highest BCUT2D eigenvalue weighted by Gasteiger charge is 2.08. The molecule has 6 nitrogen and oxygen atoms in total. The number of aryl methyl sites for hydroxylation is 3. The fourth-order valence-corrected chi connectivity index (χ4v) is 3.90. The average molecular weight is 381 g/mol. The van der Waals surface area contributed by atoms with Gasteiger partial charge >= 0.3 is 0 Å². The van der Waals surface area contributed by atoms with Gasteiger partial charge in [0.2, 0.25) is 0 Å². The van der Waals surface area contributed by atoms with Crippen LogP contribution in [0.15, 0.2) is 47.5 Å². The van der Waals surface area contributed by atoms with Gasteiger partial charge in [0.1, 0.15) is 0 Å².